The van der Waals surface area contributed by atoms with E-state index in [9.17, 15) is 5.11 Å². The molecule has 0 atom stereocenters. The number of hydrogen-bond acceptors (Lipinski definition) is 3. The quantitative estimate of drug-likeness (QED) is 0.862. The van der Waals surface area contributed by atoms with Crippen molar-refractivity contribution in [3.8, 4) is 5.75 Å². The Kier molecular flexibility index (Phi) is 2.94. The molecule has 0 amide bonds. The van der Waals surface area contributed by atoms with Crippen LogP contribution in [0.15, 0.2) is 17.5 Å². The Morgan fingerprint density at radius 2 is 2.29 bits per heavy atom. The lowest BCUT2D eigenvalue weighted by molar-refractivity contribution is 0.283. The fourth-order valence-corrected chi connectivity index (χ4v) is 3.24. The molecule has 0 saturated carbocycles. The minimum atomic E-state index is 0.0561. The van der Waals surface area contributed by atoms with Crippen molar-refractivity contribution >= 4 is 44.0 Å². The van der Waals surface area contributed by atoms with Crippen LogP contribution in [-0.4, -0.2) is 12.2 Å². The summed E-state index contributed by atoms with van der Waals surface area (Å²) in [5.74, 6) is 0.854. The lowest BCUT2D eigenvalue weighted by atomic mass is 10.1. The SMILES string of the molecule is COc1csc2c(I)ccc(CO)c12. The Morgan fingerprint density at radius 1 is 1.50 bits per heavy atom. The molecular formula is C10H9IO2S. The van der Waals surface area contributed by atoms with Gasteiger partial charge in [0.1, 0.15) is 5.75 Å². The molecule has 74 valence electrons. The van der Waals surface area contributed by atoms with Gasteiger partial charge in [0.05, 0.1) is 18.4 Å². The number of methoxy groups -OCH3 is 1. The maximum Gasteiger partial charge on any atom is 0.137 e. The number of rotatable bonds is 2. The van der Waals surface area contributed by atoms with E-state index in [0.29, 0.717) is 0 Å². The molecule has 2 rings (SSSR count). The van der Waals surface area contributed by atoms with Crippen LogP contribution in [0.5, 0.6) is 5.75 Å². The number of aliphatic hydroxyl groups is 1. The van der Waals surface area contributed by atoms with Crippen LogP contribution in [-0.2, 0) is 6.61 Å². The zero-order chi connectivity index (χ0) is 10.1. The molecule has 4 heteroatoms. The minimum Gasteiger partial charge on any atom is -0.495 e. The third kappa shape index (κ3) is 1.51. The second-order valence-corrected chi connectivity index (χ2v) is 4.91. The van der Waals surface area contributed by atoms with Gasteiger partial charge < -0.3 is 9.84 Å². The first kappa shape index (κ1) is 10.2. The molecule has 0 saturated heterocycles. The fourth-order valence-electron chi connectivity index (χ4n) is 1.44. The first-order chi connectivity index (χ1) is 6.77. The summed E-state index contributed by atoms with van der Waals surface area (Å²) in [6.45, 7) is 0.0561. The summed E-state index contributed by atoms with van der Waals surface area (Å²) in [7, 11) is 1.66. The highest BCUT2D eigenvalue weighted by molar-refractivity contribution is 14.1. The molecule has 1 N–H and O–H groups in total. The van der Waals surface area contributed by atoms with Gasteiger partial charge in [-0.25, -0.2) is 0 Å². The van der Waals surface area contributed by atoms with E-state index >= 15 is 0 Å². The molecule has 0 bridgehead atoms. The summed E-state index contributed by atoms with van der Waals surface area (Å²) in [5.41, 5.74) is 0.929. The maximum absolute atomic E-state index is 9.21. The van der Waals surface area contributed by atoms with Gasteiger partial charge in [-0.2, -0.15) is 0 Å². The van der Waals surface area contributed by atoms with Crippen molar-refractivity contribution in [1.29, 1.82) is 0 Å². The monoisotopic (exact) mass is 320 g/mol. The van der Waals surface area contributed by atoms with Crippen LogP contribution < -0.4 is 4.74 Å². The molecule has 1 aromatic heterocycles. The van der Waals surface area contributed by atoms with E-state index in [1.54, 1.807) is 18.4 Å². The van der Waals surface area contributed by atoms with Gasteiger partial charge in [-0.05, 0) is 34.2 Å². The van der Waals surface area contributed by atoms with E-state index < -0.39 is 0 Å². The van der Waals surface area contributed by atoms with Gasteiger partial charge in [-0.15, -0.1) is 11.3 Å². The lowest BCUT2D eigenvalue weighted by Crippen LogP contribution is -1.88. The molecular weight excluding hydrogens is 311 g/mol. The van der Waals surface area contributed by atoms with Gasteiger partial charge in [-0.3, -0.25) is 0 Å². The van der Waals surface area contributed by atoms with Crippen LogP contribution >= 0.6 is 33.9 Å². The topological polar surface area (TPSA) is 29.5 Å². The van der Waals surface area contributed by atoms with Crippen LogP contribution in [0, 0.1) is 3.57 Å². The van der Waals surface area contributed by atoms with Crippen LogP contribution in [0.2, 0.25) is 0 Å². The Hall–Kier alpha value is -0.330. The van der Waals surface area contributed by atoms with Crippen molar-refractivity contribution in [1.82, 2.24) is 0 Å². The highest BCUT2D eigenvalue weighted by Gasteiger charge is 2.11. The molecule has 1 heterocycles. The molecule has 2 aromatic rings. The van der Waals surface area contributed by atoms with Crippen LogP contribution in [0.4, 0.5) is 0 Å². The zero-order valence-corrected chi connectivity index (χ0v) is 10.6. The van der Waals surface area contributed by atoms with Crippen LogP contribution in [0.1, 0.15) is 5.56 Å². The van der Waals surface area contributed by atoms with E-state index in [1.807, 2.05) is 17.5 Å². The number of thiophene rings is 1. The van der Waals surface area contributed by atoms with Gasteiger partial charge in [0.15, 0.2) is 0 Å². The first-order valence-electron chi connectivity index (χ1n) is 4.11. The average Bonchev–Trinajstić information content (AvgIpc) is 2.63. The smallest absolute Gasteiger partial charge is 0.137 e. The molecule has 0 aliphatic carbocycles. The number of ether oxygens (including phenoxy) is 1. The average molecular weight is 320 g/mol. The minimum absolute atomic E-state index is 0.0561. The Labute approximate surface area is 99.7 Å². The van der Waals surface area contributed by atoms with Crippen molar-refractivity contribution in [3.05, 3.63) is 26.6 Å². The van der Waals surface area contributed by atoms with Crippen molar-refractivity contribution in [2.45, 2.75) is 6.61 Å². The van der Waals surface area contributed by atoms with E-state index in [1.165, 1.54) is 8.27 Å². The summed E-state index contributed by atoms with van der Waals surface area (Å²) >= 11 is 3.95. The van der Waals surface area contributed by atoms with Gasteiger partial charge >= 0.3 is 0 Å². The van der Waals surface area contributed by atoms with E-state index in [4.69, 9.17) is 4.74 Å². The highest BCUT2D eigenvalue weighted by atomic mass is 127. The molecule has 0 fully saturated rings. The van der Waals surface area contributed by atoms with Crippen molar-refractivity contribution in [2.75, 3.05) is 7.11 Å². The molecule has 0 radical (unpaired) electrons. The predicted octanol–water partition coefficient (Wildman–Crippen LogP) is 3.01. The normalized spacial score (nSPS) is 10.8. The molecule has 0 aliphatic rings. The number of fused-ring (bicyclic) bond motifs is 1. The number of aliphatic hydroxyl groups excluding tert-OH is 1. The summed E-state index contributed by atoms with van der Waals surface area (Å²) in [6, 6.07) is 3.96. The van der Waals surface area contributed by atoms with Crippen molar-refractivity contribution < 1.29 is 9.84 Å². The third-order valence-corrected chi connectivity index (χ3v) is 4.37. The zero-order valence-electron chi connectivity index (χ0n) is 7.58. The third-order valence-electron chi connectivity index (χ3n) is 2.12. The Balaban J connectivity index is 2.82. The summed E-state index contributed by atoms with van der Waals surface area (Å²) in [5, 5.41) is 12.2. The summed E-state index contributed by atoms with van der Waals surface area (Å²) < 4.78 is 7.65. The highest BCUT2D eigenvalue weighted by Crippen LogP contribution is 2.37. The number of halogens is 1. The Morgan fingerprint density at radius 3 is 2.93 bits per heavy atom. The first-order valence-corrected chi connectivity index (χ1v) is 6.07. The Bertz CT molecular complexity index is 464. The molecule has 0 aliphatic heterocycles. The van der Waals surface area contributed by atoms with Crippen molar-refractivity contribution in [2.24, 2.45) is 0 Å². The van der Waals surface area contributed by atoms with Gasteiger partial charge in [-0.1, -0.05) is 6.07 Å². The van der Waals surface area contributed by atoms with Gasteiger partial charge in [0.2, 0.25) is 0 Å². The van der Waals surface area contributed by atoms with Crippen LogP contribution in [0.3, 0.4) is 0 Å². The maximum atomic E-state index is 9.21. The second kappa shape index (κ2) is 4.04. The molecule has 14 heavy (non-hydrogen) atoms. The summed E-state index contributed by atoms with van der Waals surface area (Å²) in [4.78, 5) is 0. The largest absolute Gasteiger partial charge is 0.495 e. The van der Waals surface area contributed by atoms with Gasteiger partial charge in [0.25, 0.3) is 0 Å². The molecule has 2 nitrogen and oxygen atoms in total. The standard InChI is InChI=1S/C10H9IO2S/c1-13-8-5-14-10-7(11)3-2-6(4-12)9(8)10/h2-3,5,12H,4H2,1H3. The second-order valence-electron chi connectivity index (χ2n) is 2.87. The summed E-state index contributed by atoms with van der Waals surface area (Å²) in [6.07, 6.45) is 0. The van der Waals surface area contributed by atoms with Crippen LogP contribution in [0.25, 0.3) is 10.1 Å². The van der Waals surface area contributed by atoms with Gasteiger partial charge in [0, 0.05) is 14.3 Å². The lowest BCUT2D eigenvalue weighted by Gasteiger charge is -2.03. The van der Waals surface area contributed by atoms with E-state index in [2.05, 4.69) is 22.6 Å². The van der Waals surface area contributed by atoms with E-state index in [0.717, 1.165) is 16.7 Å². The predicted molar refractivity (Wildman–Crippen MR) is 67.0 cm³/mol. The molecule has 0 spiro atoms. The van der Waals surface area contributed by atoms with Crippen molar-refractivity contribution in [3.63, 3.8) is 0 Å². The molecule has 0 unspecified atom stereocenters. The molecule has 1 aromatic carbocycles. The fraction of sp³-hybridized carbons (Fsp3) is 0.200. The number of benzene rings is 1. The number of hydrogen-bond donors (Lipinski definition) is 1. The van der Waals surface area contributed by atoms with E-state index in [-0.39, 0.29) is 6.61 Å².